The van der Waals surface area contributed by atoms with E-state index < -0.39 is 5.91 Å². The summed E-state index contributed by atoms with van der Waals surface area (Å²) in [5.74, 6) is 0.548. The quantitative estimate of drug-likeness (QED) is 0.449. The second kappa shape index (κ2) is 8.85. The zero-order valence-electron chi connectivity index (χ0n) is 17.5. The molecule has 168 valence electrons. The number of nitrogens with one attached hydrogen (secondary N) is 3. The average Bonchev–Trinajstić information content (AvgIpc) is 3.22. The highest BCUT2D eigenvalue weighted by atomic mass is 32.1. The van der Waals surface area contributed by atoms with Crippen molar-refractivity contribution in [1.29, 1.82) is 0 Å². The Kier molecular flexibility index (Phi) is 5.77. The summed E-state index contributed by atoms with van der Waals surface area (Å²) in [6.45, 7) is 4.34. The van der Waals surface area contributed by atoms with E-state index in [1.54, 1.807) is 18.2 Å². The van der Waals surface area contributed by atoms with E-state index >= 15 is 0 Å². The van der Waals surface area contributed by atoms with Gasteiger partial charge in [-0.05, 0) is 37.6 Å². The van der Waals surface area contributed by atoms with Crippen LogP contribution < -0.4 is 26.8 Å². The molecule has 2 aliphatic heterocycles. The van der Waals surface area contributed by atoms with E-state index in [0.717, 1.165) is 30.6 Å². The molecule has 0 radical (unpaired) electrons. The lowest BCUT2D eigenvalue weighted by Crippen LogP contribution is -2.40. The summed E-state index contributed by atoms with van der Waals surface area (Å²) in [6, 6.07) is 5.30. The third-order valence-electron chi connectivity index (χ3n) is 5.74. The van der Waals surface area contributed by atoms with Crippen molar-refractivity contribution in [1.82, 2.24) is 20.3 Å². The maximum absolute atomic E-state index is 13.3. The molecule has 2 fully saturated rings. The Balaban J connectivity index is 1.58. The minimum atomic E-state index is -0.511. The number of carbonyl (C=O) groups excluding carboxylic acids is 1. The van der Waals surface area contributed by atoms with Crippen molar-refractivity contribution in [2.24, 2.45) is 5.73 Å². The minimum Gasteiger partial charge on any atom is -0.378 e. The number of aromatic nitrogens is 3. The van der Waals surface area contributed by atoms with E-state index in [4.69, 9.17) is 15.5 Å². The van der Waals surface area contributed by atoms with Gasteiger partial charge >= 0.3 is 0 Å². The fourth-order valence-corrected chi connectivity index (χ4v) is 5.03. The summed E-state index contributed by atoms with van der Waals surface area (Å²) >= 11 is 1.39. The number of aromatic amines is 1. The van der Waals surface area contributed by atoms with Gasteiger partial charge in [0.25, 0.3) is 5.56 Å². The van der Waals surface area contributed by atoms with Crippen LogP contribution in [0.1, 0.15) is 23.2 Å². The number of primary amides is 1. The standard InChI is InChI=1S/C21H25N7O3S/c22-17(29)12-3-4-15-14(10-12)25-20(32-15)16-18(24-13-2-1-5-23-11-13)26-21(27-19(16)30)28-6-8-31-9-7-28/h3-4,10,13,23H,1-2,5-9,11H2,(H2,22,29)(H2,24,26,27,30). The van der Waals surface area contributed by atoms with Crippen molar-refractivity contribution >= 4 is 39.2 Å². The molecule has 5 rings (SSSR count). The van der Waals surface area contributed by atoms with Crippen molar-refractivity contribution in [3.63, 3.8) is 0 Å². The first kappa shape index (κ1) is 20.9. The maximum atomic E-state index is 13.3. The molecule has 1 atom stereocenters. The molecule has 5 N–H and O–H groups in total. The smallest absolute Gasteiger partial charge is 0.264 e. The number of anilines is 2. The molecule has 1 aromatic carbocycles. The number of fused-ring (bicyclic) bond motifs is 1. The summed E-state index contributed by atoms with van der Waals surface area (Å²) in [4.78, 5) is 39.2. The van der Waals surface area contributed by atoms with Crippen molar-refractivity contribution in [3.05, 3.63) is 34.1 Å². The number of hydrogen-bond acceptors (Lipinski definition) is 9. The Hall–Kier alpha value is -3.02. The number of amides is 1. The van der Waals surface area contributed by atoms with Crippen molar-refractivity contribution in [2.45, 2.75) is 18.9 Å². The first-order chi connectivity index (χ1) is 15.6. The minimum absolute atomic E-state index is 0.171. The number of hydrogen-bond donors (Lipinski definition) is 4. The molecule has 10 nitrogen and oxygen atoms in total. The first-order valence-corrected chi connectivity index (χ1v) is 11.5. The lowest BCUT2D eigenvalue weighted by molar-refractivity contribution is 0.100. The Morgan fingerprint density at radius 1 is 1.28 bits per heavy atom. The maximum Gasteiger partial charge on any atom is 0.264 e. The molecule has 1 unspecified atom stereocenters. The Labute approximate surface area is 188 Å². The summed E-state index contributed by atoms with van der Waals surface area (Å²) in [5, 5.41) is 7.42. The van der Waals surface area contributed by atoms with E-state index in [0.29, 0.717) is 59.7 Å². The zero-order valence-corrected chi connectivity index (χ0v) is 18.3. The number of morpholine rings is 1. The molecule has 4 heterocycles. The molecule has 0 aliphatic carbocycles. The number of H-pyrrole nitrogens is 1. The van der Waals surface area contributed by atoms with E-state index in [2.05, 4.69) is 20.6 Å². The third kappa shape index (κ3) is 4.18. The Morgan fingerprint density at radius 2 is 2.12 bits per heavy atom. The van der Waals surface area contributed by atoms with Crippen molar-refractivity contribution in [2.75, 3.05) is 49.6 Å². The van der Waals surface area contributed by atoms with Gasteiger partial charge in [0.2, 0.25) is 11.9 Å². The molecule has 1 amide bonds. The average molecular weight is 456 g/mol. The predicted octanol–water partition coefficient (Wildman–Crippen LogP) is 1.15. The van der Waals surface area contributed by atoms with Gasteiger partial charge in [-0.2, -0.15) is 4.98 Å². The third-order valence-corrected chi connectivity index (χ3v) is 6.80. The van der Waals surface area contributed by atoms with E-state index in [1.807, 2.05) is 4.90 Å². The molecule has 3 aromatic rings. The van der Waals surface area contributed by atoms with Crippen LogP contribution in [0.4, 0.5) is 11.8 Å². The van der Waals surface area contributed by atoms with Crippen molar-refractivity contribution < 1.29 is 9.53 Å². The fourth-order valence-electron chi connectivity index (χ4n) is 4.05. The van der Waals surface area contributed by atoms with Gasteiger partial charge in [-0.1, -0.05) is 0 Å². The van der Waals surface area contributed by atoms with Crippen LogP contribution in [0.15, 0.2) is 23.0 Å². The number of rotatable bonds is 5. The van der Waals surface area contributed by atoms with Crippen LogP contribution in [0.25, 0.3) is 20.8 Å². The summed E-state index contributed by atoms with van der Waals surface area (Å²) in [7, 11) is 0. The molecular formula is C21H25N7O3S. The molecule has 0 saturated carbocycles. The molecule has 11 heteroatoms. The molecule has 32 heavy (non-hydrogen) atoms. The summed E-state index contributed by atoms with van der Waals surface area (Å²) in [6.07, 6.45) is 2.05. The summed E-state index contributed by atoms with van der Waals surface area (Å²) in [5.41, 5.74) is 6.58. The van der Waals surface area contributed by atoms with Crippen LogP contribution in [0, 0.1) is 0 Å². The number of carbonyl (C=O) groups is 1. The first-order valence-electron chi connectivity index (χ1n) is 10.7. The zero-order chi connectivity index (χ0) is 22.1. The number of nitrogens with zero attached hydrogens (tertiary/aromatic N) is 3. The molecule has 0 spiro atoms. The second-order valence-electron chi connectivity index (χ2n) is 7.97. The highest BCUT2D eigenvalue weighted by Crippen LogP contribution is 2.33. The van der Waals surface area contributed by atoms with Crippen LogP contribution in [0.5, 0.6) is 0 Å². The van der Waals surface area contributed by atoms with Crippen LogP contribution >= 0.6 is 11.3 Å². The van der Waals surface area contributed by atoms with Crippen LogP contribution in [-0.2, 0) is 4.74 Å². The normalized spacial score (nSPS) is 19.2. The van der Waals surface area contributed by atoms with Gasteiger partial charge in [0.15, 0.2) is 0 Å². The van der Waals surface area contributed by atoms with Crippen LogP contribution in [0.2, 0.25) is 0 Å². The fraction of sp³-hybridized carbons (Fsp3) is 0.429. The van der Waals surface area contributed by atoms with Gasteiger partial charge in [-0.25, -0.2) is 4.98 Å². The van der Waals surface area contributed by atoms with Gasteiger partial charge in [-0.15, -0.1) is 11.3 Å². The topological polar surface area (TPSA) is 138 Å². The largest absolute Gasteiger partial charge is 0.378 e. The molecule has 2 saturated heterocycles. The van der Waals surface area contributed by atoms with Gasteiger partial charge in [0, 0.05) is 31.2 Å². The van der Waals surface area contributed by atoms with E-state index in [9.17, 15) is 9.59 Å². The molecule has 2 aliphatic rings. The number of ether oxygens (including phenoxy) is 1. The summed E-state index contributed by atoms with van der Waals surface area (Å²) < 4.78 is 6.30. The highest BCUT2D eigenvalue weighted by Gasteiger charge is 2.24. The van der Waals surface area contributed by atoms with Gasteiger partial charge in [0.1, 0.15) is 16.4 Å². The molecule has 0 bridgehead atoms. The Bertz CT molecular complexity index is 1200. The molecule has 2 aromatic heterocycles. The number of nitrogens with two attached hydrogens (primary N) is 1. The number of benzene rings is 1. The van der Waals surface area contributed by atoms with Gasteiger partial charge in [0.05, 0.1) is 23.4 Å². The lowest BCUT2D eigenvalue weighted by Gasteiger charge is -2.29. The van der Waals surface area contributed by atoms with Crippen LogP contribution in [-0.4, -0.2) is 66.3 Å². The second-order valence-corrected chi connectivity index (χ2v) is 9.00. The van der Waals surface area contributed by atoms with Crippen molar-refractivity contribution in [3.8, 4) is 10.6 Å². The van der Waals surface area contributed by atoms with Gasteiger partial charge in [-0.3, -0.25) is 14.6 Å². The molecular weight excluding hydrogens is 430 g/mol. The predicted molar refractivity (Wildman–Crippen MR) is 125 cm³/mol. The van der Waals surface area contributed by atoms with E-state index in [-0.39, 0.29) is 11.6 Å². The van der Waals surface area contributed by atoms with Crippen LogP contribution in [0.3, 0.4) is 0 Å². The lowest BCUT2D eigenvalue weighted by atomic mass is 10.1. The highest BCUT2D eigenvalue weighted by molar-refractivity contribution is 7.21. The van der Waals surface area contributed by atoms with Gasteiger partial charge < -0.3 is 26.0 Å². The SMILES string of the molecule is NC(=O)c1ccc2sc(-c3c(NC4CCCNC4)nc(N4CCOCC4)[nH]c3=O)nc2c1. The monoisotopic (exact) mass is 455 g/mol. The number of thiazole rings is 1. The van der Waals surface area contributed by atoms with E-state index in [1.165, 1.54) is 11.3 Å². The number of piperidine rings is 1. The Morgan fingerprint density at radius 3 is 2.88 bits per heavy atom.